The van der Waals surface area contributed by atoms with Crippen LogP contribution in [-0.2, 0) is 4.74 Å². The summed E-state index contributed by atoms with van der Waals surface area (Å²) in [7, 11) is 5.32. The lowest BCUT2D eigenvalue weighted by Gasteiger charge is -2.33. The summed E-state index contributed by atoms with van der Waals surface area (Å²) in [5.74, 6) is 2.31. The number of benzene rings is 1. The highest BCUT2D eigenvalue weighted by molar-refractivity contribution is 14.0. The first-order valence-corrected chi connectivity index (χ1v) is 10.5. The normalized spacial score (nSPS) is 16.8. The van der Waals surface area contributed by atoms with E-state index in [2.05, 4.69) is 39.6 Å². The Kier molecular flexibility index (Phi) is 13.3. The fourth-order valence-corrected chi connectivity index (χ4v) is 3.63. The van der Waals surface area contributed by atoms with E-state index in [9.17, 15) is 0 Å². The molecule has 0 bridgehead atoms. The van der Waals surface area contributed by atoms with Gasteiger partial charge in [0.15, 0.2) is 5.96 Å². The van der Waals surface area contributed by atoms with Crippen molar-refractivity contribution >= 4 is 29.9 Å². The maximum Gasteiger partial charge on any atom is 0.191 e. The highest BCUT2D eigenvalue weighted by Crippen LogP contribution is 2.21. The molecule has 2 rings (SSSR count). The Morgan fingerprint density at radius 3 is 2.48 bits per heavy atom. The van der Waals surface area contributed by atoms with Gasteiger partial charge in [-0.25, -0.2) is 0 Å². The quantitative estimate of drug-likeness (QED) is 0.215. The SMILES string of the molecule is CN=C(NCCC(C)c1ccc(OC)cc1)NC1CCN(CCCOC)CC1.I. The first-order chi connectivity index (χ1) is 13.7. The van der Waals surface area contributed by atoms with Crippen molar-refractivity contribution in [2.45, 2.75) is 44.6 Å². The topological polar surface area (TPSA) is 58.1 Å². The first-order valence-electron chi connectivity index (χ1n) is 10.5. The van der Waals surface area contributed by atoms with Gasteiger partial charge in [0.25, 0.3) is 0 Å². The number of rotatable bonds is 10. The van der Waals surface area contributed by atoms with E-state index in [1.807, 2.05) is 19.2 Å². The second kappa shape index (κ2) is 14.8. The van der Waals surface area contributed by atoms with Crippen LogP contribution in [0.4, 0.5) is 0 Å². The summed E-state index contributed by atoms with van der Waals surface area (Å²) >= 11 is 0. The Bertz CT molecular complexity index is 575. The van der Waals surface area contributed by atoms with Crippen molar-refractivity contribution in [1.29, 1.82) is 0 Å². The molecular formula is C22H39IN4O2. The molecule has 0 radical (unpaired) electrons. The van der Waals surface area contributed by atoms with Crippen LogP contribution in [0.2, 0.25) is 0 Å². The van der Waals surface area contributed by atoms with Gasteiger partial charge in [-0.3, -0.25) is 4.99 Å². The van der Waals surface area contributed by atoms with Gasteiger partial charge in [0.05, 0.1) is 7.11 Å². The van der Waals surface area contributed by atoms with Crippen molar-refractivity contribution in [3.8, 4) is 5.75 Å². The molecule has 2 N–H and O–H groups in total. The summed E-state index contributed by atoms with van der Waals surface area (Å²) < 4.78 is 10.4. The Balaban J connectivity index is 0.00000420. The van der Waals surface area contributed by atoms with E-state index in [-0.39, 0.29) is 24.0 Å². The van der Waals surface area contributed by atoms with Crippen LogP contribution in [0, 0.1) is 0 Å². The first kappa shape index (κ1) is 26.0. The summed E-state index contributed by atoms with van der Waals surface area (Å²) in [4.78, 5) is 6.93. The standard InChI is InChI=1S/C22H38N4O2.HI/c1-18(19-6-8-21(28-4)9-7-19)10-13-24-22(23-2)25-20-11-15-26(16-12-20)14-5-17-27-3;/h6-9,18,20H,5,10-17H2,1-4H3,(H2,23,24,25);1H. The lowest BCUT2D eigenvalue weighted by atomic mass is 9.98. The van der Waals surface area contributed by atoms with Gasteiger partial charge in [0.1, 0.15) is 5.75 Å². The van der Waals surface area contributed by atoms with Crippen molar-refractivity contribution in [1.82, 2.24) is 15.5 Å². The van der Waals surface area contributed by atoms with Gasteiger partial charge in [-0.1, -0.05) is 19.1 Å². The fraction of sp³-hybridized carbons (Fsp3) is 0.682. The van der Waals surface area contributed by atoms with Crippen molar-refractivity contribution in [2.24, 2.45) is 4.99 Å². The smallest absolute Gasteiger partial charge is 0.191 e. The molecule has 0 aliphatic carbocycles. The molecule has 29 heavy (non-hydrogen) atoms. The van der Waals surface area contributed by atoms with Crippen LogP contribution in [0.25, 0.3) is 0 Å². The molecule has 6 nitrogen and oxygen atoms in total. The van der Waals surface area contributed by atoms with Crippen LogP contribution in [-0.4, -0.2) is 71.0 Å². The minimum Gasteiger partial charge on any atom is -0.497 e. The number of piperidine rings is 1. The number of nitrogens with zero attached hydrogens (tertiary/aromatic N) is 2. The lowest BCUT2D eigenvalue weighted by Crippen LogP contribution is -2.49. The van der Waals surface area contributed by atoms with Gasteiger partial charge in [0, 0.05) is 53.0 Å². The number of hydrogen-bond donors (Lipinski definition) is 2. The maximum absolute atomic E-state index is 5.23. The van der Waals surface area contributed by atoms with Crippen molar-refractivity contribution in [3.63, 3.8) is 0 Å². The van der Waals surface area contributed by atoms with Crippen molar-refractivity contribution < 1.29 is 9.47 Å². The van der Waals surface area contributed by atoms with E-state index < -0.39 is 0 Å². The van der Waals surface area contributed by atoms with Crippen LogP contribution in [0.1, 0.15) is 44.1 Å². The van der Waals surface area contributed by atoms with E-state index in [4.69, 9.17) is 9.47 Å². The molecule has 1 heterocycles. The van der Waals surface area contributed by atoms with Gasteiger partial charge in [-0.05, 0) is 49.3 Å². The van der Waals surface area contributed by atoms with Crippen LogP contribution in [0.15, 0.2) is 29.3 Å². The molecule has 166 valence electrons. The Hall–Kier alpha value is -1.06. The summed E-state index contributed by atoms with van der Waals surface area (Å²) in [5.41, 5.74) is 1.34. The summed E-state index contributed by atoms with van der Waals surface area (Å²) in [6.45, 7) is 7.45. The molecule has 0 saturated carbocycles. The number of halogens is 1. The summed E-state index contributed by atoms with van der Waals surface area (Å²) in [6.07, 6.45) is 4.50. The maximum atomic E-state index is 5.23. The van der Waals surface area contributed by atoms with Crippen LogP contribution in [0.5, 0.6) is 5.75 Å². The zero-order valence-corrected chi connectivity index (χ0v) is 20.8. The lowest BCUT2D eigenvalue weighted by molar-refractivity contribution is 0.155. The van der Waals surface area contributed by atoms with Gasteiger partial charge >= 0.3 is 0 Å². The minimum atomic E-state index is 0. The van der Waals surface area contributed by atoms with E-state index in [0.29, 0.717) is 12.0 Å². The third-order valence-corrected chi connectivity index (χ3v) is 5.53. The third-order valence-electron chi connectivity index (χ3n) is 5.53. The molecule has 1 fully saturated rings. The van der Waals surface area contributed by atoms with Crippen molar-refractivity contribution in [2.75, 3.05) is 54.1 Å². The number of ether oxygens (including phenoxy) is 2. The van der Waals surface area contributed by atoms with Crippen molar-refractivity contribution in [3.05, 3.63) is 29.8 Å². The molecule has 1 saturated heterocycles. The molecule has 0 amide bonds. The Morgan fingerprint density at radius 1 is 1.21 bits per heavy atom. The number of guanidine groups is 1. The number of methoxy groups -OCH3 is 2. The van der Waals surface area contributed by atoms with Crippen LogP contribution < -0.4 is 15.4 Å². The molecule has 1 aromatic carbocycles. The monoisotopic (exact) mass is 518 g/mol. The number of hydrogen-bond acceptors (Lipinski definition) is 4. The number of nitrogens with one attached hydrogen (secondary N) is 2. The number of aliphatic imine (C=N–C) groups is 1. The average Bonchev–Trinajstić information content (AvgIpc) is 2.74. The van der Waals surface area contributed by atoms with E-state index in [0.717, 1.165) is 70.2 Å². The molecule has 0 spiro atoms. The Morgan fingerprint density at radius 2 is 1.90 bits per heavy atom. The van der Waals surface area contributed by atoms with Gasteiger partial charge in [-0.2, -0.15) is 0 Å². The van der Waals surface area contributed by atoms with Gasteiger partial charge in [-0.15, -0.1) is 24.0 Å². The molecular weight excluding hydrogens is 479 g/mol. The minimum absolute atomic E-state index is 0. The second-order valence-corrected chi connectivity index (χ2v) is 7.57. The zero-order chi connectivity index (χ0) is 20.2. The molecule has 1 atom stereocenters. The third kappa shape index (κ3) is 9.53. The van der Waals surface area contributed by atoms with Crippen LogP contribution >= 0.6 is 24.0 Å². The van der Waals surface area contributed by atoms with Gasteiger partial charge in [0.2, 0.25) is 0 Å². The molecule has 1 aliphatic rings. The highest BCUT2D eigenvalue weighted by Gasteiger charge is 2.19. The molecule has 0 aromatic heterocycles. The molecule has 1 unspecified atom stereocenters. The molecule has 1 aromatic rings. The molecule has 7 heteroatoms. The van der Waals surface area contributed by atoms with Crippen LogP contribution in [0.3, 0.4) is 0 Å². The largest absolute Gasteiger partial charge is 0.497 e. The number of likely N-dealkylation sites (tertiary alicyclic amines) is 1. The summed E-state index contributed by atoms with van der Waals surface area (Å²) in [5, 5.41) is 7.07. The molecule has 1 aliphatic heterocycles. The summed E-state index contributed by atoms with van der Waals surface area (Å²) in [6, 6.07) is 8.86. The van der Waals surface area contributed by atoms with E-state index in [1.54, 1.807) is 14.2 Å². The predicted molar refractivity (Wildman–Crippen MR) is 132 cm³/mol. The van der Waals surface area contributed by atoms with E-state index >= 15 is 0 Å². The average molecular weight is 518 g/mol. The second-order valence-electron chi connectivity index (χ2n) is 7.57. The van der Waals surface area contributed by atoms with E-state index in [1.165, 1.54) is 5.56 Å². The highest BCUT2D eigenvalue weighted by atomic mass is 127. The Labute approximate surface area is 193 Å². The fourth-order valence-electron chi connectivity index (χ4n) is 3.63. The zero-order valence-electron chi connectivity index (χ0n) is 18.4. The predicted octanol–water partition coefficient (Wildman–Crippen LogP) is 3.47. The van der Waals surface area contributed by atoms with Gasteiger partial charge < -0.3 is 25.0 Å².